The molecule has 0 saturated carbocycles. The van der Waals surface area contributed by atoms with Gasteiger partial charge in [-0.25, -0.2) is 0 Å². The fourth-order valence-corrected chi connectivity index (χ4v) is 2.51. The maximum absolute atomic E-state index is 11.4. The minimum atomic E-state index is -0.669. The van der Waals surface area contributed by atoms with Crippen LogP contribution in [0.2, 0.25) is 0 Å². The highest BCUT2D eigenvalue weighted by molar-refractivity contribution is 5.80. The number of aliphatic hydroxyl groups excluding tert-OH is 2. The number of nitro benzene ring substituents is 1. The Morgan fingerprint density at radius 1 is 1.36 bits per heavy atom. The van der Waals surface area contributed by atoms with E-state index in [4.69, 9.17) is 10.2 Å². The Hall–Kier alpha value is -2.45. The summed E-state index contributed by atoms with van der Waals surface area (Å²) < 4.78 is 0. The van der Waals surface area contributed by atoms with Crippen LogP contribution in [0.4, 0.5) is 11.4 Å². The summed E-state index contributed by atoms with van der Waals surface area (Å²) in [5.74, 6) is 0. The van der Waals surface area contributed by atoms with Crippen LogP contribution < -0.4 is 5.32 Å². The van der Waals surface area contributed by atoms with Crippen molar-refractivity contribution in [3.63, 3.8) is 0 Å². The maximum atomic E-state index is 11.4. The number of benzene rings is 1. The van der Waals surface area contributed by atoms with Crippen LogP contribution in [0.1, 0.15) is 17.2 Å². The lowest BCUT2D eigenvalue weighted by molar-refractivity contribution is -0.384. The zero-order valence-corrected chi connectivity index (χ0v) is 11.8. The van der Waals surface area contributed by atoms with Crippen molar-refractivity contribution in [1.82, 2.24) is 4.90 Å². The third-order valence-electron chi connectivity index (χ3n) is 3.46. The minimum absolute atomic E-state index is 0.123. The quantitative estimate of drug-likeness (QED) is 0.382. The number of nitro groups is 1. The number of aldehydes is 1. The fraction of sp³-hybridized carbons (Fsp3) is 0.357. The molecule has 2 rings (SSSR count). The molecule has 0 bridgehead atoms. The molecule has 0 saturated heterocycles. The molecule has 1 heterocycles. The molecule has 1 atom stereocenters. The number of rotatable bonds is 7. The van der Waals surface area contributed by atoms with Gasteiger partial charge in [0, 0.05) is 19.3 Å². The van der Waals surface area contributed by atoms with Crippen LogP contribution in [0, 0.1) is 10.1 Å². The second-order valence-corrected chi connectivity index (χ2v) is 4.73. The van der Waals surface area contributed by atoms with Gasteiger partial charge in [-0.05, 0) is 17.7 Å². The maximum Gasteiger partial charge on any atom is 0.299 e. The molecule has 0 spiro atoms. The summed E-state index contributed by atoms with van der Waals surface area (Å²) in [6.07, 6.45) is 3.83. The number of nitrogens with one attached hydrogen (secondary N) is 1. The molecule has 1 aliphatic rings. The van der Waals surface area contributed by atoms with E-state index in [1.54, 1.807) is 23.2 Å². The number of carbonyl (C=O) groups excluding carboxylic acids is 1. The lowest BCUT2D eigenvalue weighted by Crippen LogP contribution is -2.30. The van der Waals surface area contributed by atoms with Crippen molar-refractivity contribution >= 4 is 23.7 Å². The third kappa shape index (κ3) is 2.92. The number of anilines is 1. The topological polar surface area (TPSA) is 116 Å². The van der Waals surface area contributed by atoms with Crippen molar-refractivity contribution in [1.29, 1.82) is 0 Å². The minimum Gasteiger partial charge on any atom is -0.395 e. The zero-order valence-electron chi connectivity index (χ0n) is 11.8. The van der Waals surface area contributed by atoms with Gasteiger partial charge in [-0.3, -0.25) is 10.1 Å². The van der Waals surface area contributed by atoms with Gasteiger partial charge in [0.15, 0.2) is 0 Å². The first-order valence-corrected chi connectivity index (χ1v) is 6.80. The molecule has 0 fully saturated rings. The smallest absolute Gasteiger partial charge is 0.299 e. The molecule has 0 radical (unpaired) electrons. The van der Waals surface area contributed by atoms with Crippen molar-refractivity contribution in [2.45, 2.75) is 6.04 Å². The summed E-state index contributed by atoms with van der Waals surface area (Å²) in [6, 6.07) is 2.51. The largest absolute Gasteiger partial charge is 0.395 e. The molecule has 8 nitrogen and oxygen atoms in total. The Morgan fingerprint density at radius 2 is 2.14 bits per heavy atom. The van der Waals surface area contributed by atoms with E-state index >= 15 is 0 Å². The summed E-state index contributed by atoms with van der Waals surface area (Å²) in [6.45, 7) is 0.183. The van der Waals surface area contributed by atoms with Gasteiger partial charge >= 0.3 is 0 Å². The first-order valence-electron chi connectivity index (χ1n) is 6.80. The first kappa shape index (κ1) is 15.9. The van der Waals surface area contributed by atoms with Gasteiger partial charge in [-0.15, -0.1) is 0 Å². The van der Waals surface area contributed by atoms with E-state index in [0.717, 1.165) is 0 Å². The number of β-amino-alcohol motifs (C(OH)–C–C–N with tert-alkyl or cyclic N) is 1. The van der Waals surface area contributed by atoms with Gasteiger partial charge in [0.05, 0.1) is 23.7 Å². The zero-order chi connectivity index (χ0) is 16.1. The van der Waals surface area contributed by atoms with E-state index in [2.05, 4.69) is 5.32 Å². The predicted molar refractivity (Wildman–Crippen MR) is 80.3 cm³/mol. The normalized spacial score (nSPS) is 16.3. The second kappa shape index (κ2) is 7.01. The second-order valence-electron chi connectivity index (χ2n) is 4.73. The van der Waals surface area contributed by atoms with Gasteiger partial charge in [0.25, 0.3) is 5.69 Å². The van der Waals surface area contributed by atoms with Crippen LogP contribution in [0.3, 0.4) is 0 Å². The molecule has 1 aliphatic heterocycles. The molecule has 1 aromatic rings. The molecular weight excluding hydrogens is 290 g/mol. The van der Waals surface area contributed by atoms with Crippen LogP contribution >= 0.6 is 0 Å². The average molecular weight is 307 g/mol. The number of fused-ring (bicyclic) bond motifs is 1. The van der Waals surface area contributed by atoms with E-state index in [9.17, 15) is 14.9 Å². The van der Waals surface area contributed by atoms with Crippen molar-refractivity contribution in [2.24, 2.45) is 0 Å². The van der Waals surface area contributed by atoms with Crippen LogP contribution in [-0.2, 0) is 4.79 Å². The van der Waals surface area contributed by atoms with E-state index in [1.807, 2.05) is 0 Å². The Labute approximate surface area is 126 Å². The lowest BCUT2D eigenvalue weighted by atomic mass is 9.94. The Balaban J connectivity index is 2.51. The Kier molecular flexibility index (Phi) is 5.08. The summed E-state index contributed by atoms with van der Waals surface area (Å²) in [5, 5.41) is 32.1. The van der Waals surface area contributed by atoms with Crippen molar-refractivity contribution in [2.75, 3.05) is 31.6 Å². The molecule has 1 aromatic carbocycles. The molecule has 118 valence electrons. The molecule has 3 N–H and O–H groups in total. The molecular formula is C14H17N3O5. The number of hydrogen-bond acceptors (Lipinski definition) is 7. The van der Waals surface area contributed by atoms with Crippen molar-refractivity contribution in [3.05, 3.63) is 39.6 Å². The van der Waals surface area contributed by atoms with Gasteiger partial charge in [-0.1, -0.05) is 6.07 Å². The molecule has 0 aromatic heterocycles. The number of nitrogens with zero attached hydrogens (tertiary/aromatic N) is 2. The number of aliphatic hydroxyl groups is 2. The Bertz CT molecular complexity index is 602. The summed E-state index contributed by atoms with van der Waals surface area (Å²) in [5.41, 5.74) is 1.05. The third-order valence-corrected chi connectivity index (χ3v) is 3.46. The average Bonchev–Trinajstić information content (AvgIpc) is 2.51. The van der Waals surface area contributed by atoms with E-state index in [0.29, 0.717) is 23.1 Å². The van der Waals surface area contributed by atoms with Gasteiger partial charge in [0.1, 0.15) is 18.0 Å². The first-order chi connectivity index (χ1) is 10.6. The fourth-order valence-electron chi connectivity index (χ4n) is 2.51. The monoisotopic (exact) mass is 307 g/mol. The summed E-state index contributed by atoms with van der Waals surface area (Å²) >= 11 is 0. The highest BCUT2D eigenvalue weighted by atomic mass is 16.6. The number of carbonyl (C=O) groups is 1. The SMILES string of the molecule is O=CC1c2ccc(NCCO)c([N+](=O)[O-])c2C=CN1CCO. The van der Waals surface area contributed by atoms with Crippen LogP contribution in [0.15, 0.2) is 18.3 Å². The highest BCUT2D eigenvalue weighted by Crippen LogP contribution is 2.38. The molecule has 22 heavy (non-hydrogen) atoms. The van der Waals surface area contributed by atoms with Crippen LogP contribution in [0.25, 0.3) is 6.08 Å². The van der Waals surface area contributed by atoms with Crippen LogP contribution in [-0.4, -0.2) is 52.6 Å². The Morgan fingerprint density at radius 3 is 2.73 bits per heavy atom. The predicted octanol–water partition coefficient (Wildman–Crippen LogP) is 0.518. The van der Waals surface area contributed by atoms with Crippen molar-refractivity contribution in [3.8, 4) is 0 Å². The van der Waals surface area contributed by atoms with E-state index in [1.165, 1.54) is 6.07 Å². The van der Waals surface area contributed by atoms with Crippen molar-refractivity contribution < 1.29 is 19.9 Å². The molecule has 0 aliphatic carbocycles. The van der Waals surface area contributed by atoms with E-state index < -0.39 is 11.0 Å². The molecule has 8 heteroatoms. The van der Waals surface area contributed by atoms with Gasteiger partial charge in [0.2, 0.25) is 0 Å². The molecule has 1 unspecified atom stereocenters. The lowest BCUT2D eigenvalue weighted by Gasteiger charge is -2.30. The summed E-state index contributed by atoms with van der Waals surface area (Å²) in [4.78, 5) is 23.9. The molecule has 0 amide bonds. The summed E-state index contributed by atoms with van der Waals surface area (Å²) in [7, 11) is 0. The van der Waals surface area contributed by atoms with Gasteiger partial charge < -0.3 is 25.2 Å². The van der Waals surface area contributed by atoms with Gasteiger partial charge in [-0.2, -0.15) is 0 Å². The standard InChI is InChI=1S/C14H17N3O5/c18-7-4-15-12-2-1-10-11(14(12)17(21)22)3-5-16(6-8-19)13(10)9-20/h1-3,5,9,13,15,18-19H,4,6-8H2. The van der Waals surface area contributed by atoms with Crippen LogP contribution in [0.5, 0.6) is 0 Å². The number of hydrogen-bond donors (Lipinski definition) is 3. The highest BCUT2D eigenvalue weighted by Gasteiger charge is 2.30. The van der Waals surface area contributed by atoms with E-state index in [-0.39, 0.29) is 32.0 Å².